The molecule has 0 aromatic heterocycles. The Kier molecular flexibility index (Phi) is 5.62. The molecule has 116 valence electrons. The van der Waals surface area contributed by atoms with Crippen LogP contribution in [0.4, 0.5) is 11.4 Å². The van der Waals surface area contributed by atoms with Crippen LogP contribution in [0.5, 0.6) is 0 Å². The predicted octanol–water partition coefficient (Wildman–Crippen LogP) is 3.43. The third kappa shape index (κ3) is 4.74. The van der Waals surface area contributed by atoms with E-state index >= 15 is 0 Å². The van der Waals surface area contributed by atoms with Gasteiger partial charge in [0.2, 0.25) is 5.91 Å². The SMILES string of the molecule is CCCCC(=O)Nc1ccc(N2CC(C)OC(C)C2)cc1. The maximum Gasteiger partial charge on any atom is 0.224 e. The largest absolute Gasteiger partial charge is 0.372 e. The normalized spacial score (nSPS) is 22.1. The Balaban J connectivity index is 1.94. The van der Waals surface area contributed by atoms with E-state index in [0.29, 0.717) is 6.42 Å². The summed E-state index contributed by atoms with van der Waals surface area (Å²) in [6, 6.07) is 8.09. The number of nitrogens with zero attached hydrogens (tertiary/aromatic N) is 1. The number of carbonyl (C=O) groups excluding carboxylic acids is 1. The van der Waals surface area contributed by atoms with Gasteiger partial charge < -0.3 is 15.0 Å². The molecule has 21 heavy (non-hydrogen) atoms. The van der Waals surface area contributed by atoms with Gasteiger partial charge in [-0.05, 0) is 44.5 Å². The first-order valence-electron chi connectivity index (χ1n) is 7.88. The van der Waals surface area contributed by atoms with E-state index in [1.54, 1.807) is 0 Å². The average Bonchev–Trinajstić information content (AvgIpc) is 2.45. The van der Waals surface area contributed by atoms with Crippen LogP contribution in [0.15, 0.2) is 24.3 Å². The molecule has 1 aromatic rings. The van der Waals surface area contributed by atoms with Gasteiger partial charge in [0.15, 0.2) is 0 Å². The summed E-state index contributed by atoms with van der Waals surface area (Å²) in [6.45, 7) is 8.11. The van der Waals surface area contributed by atoms with Gasteiger partial charge in [0.1, 0.15) is 0 Å². The van der Waals surface area contributed by atoms with Crippen molar-refractivity contribution in [1.29, 1.82) is 0 Å². The third-order valence-corrected chi connectivity index (χ3v) is 3.69. The molecule has 1 amide bonds. The van der Waals surface area contributed by atoms with Crippen LogP contribution in [-0.4, -0.2) is 31.2 Å². The van der Waals surface area contributed by atoms with Crippen LogP contribution < -0.4 is 10.2 Å². The van der Waals surface area contributed by atoms with Gasteiger partial charge in [-0.15, -0.1) is 0 Å². The Labute approximate surface area is 127 Å². The van der Waals surface area contributed by atoms with Crippen molar-refractivity contribution in [2.45, 2.75) is 52.2 Å². The Morgan fingerprint density at radius 2 is 1.86 bits per heavy atom. The Morgan fingerprint density at radius 3 is 2.43 bits per heavy atom. The summed E-state index contributed by atoms with van der Waals surface area (Å²) in [6.07, 6.45) is 3.08. The van der Waals surface area contributed by atoms with Crippen molar-refractivity contribution in [2.75, 3.05) is 23.3 Å². The van der Waals surface area contributed by atoms with Gasteiger partial charge in [0, 0.05) is 30.9 Å². The first-order chi connectivity index (χ1) is 10.1. The number of unbranched alkanes of at least 4 members (excludes halogenated alkanes) is 1. The molecule has 1 aliphatic rings. The number of ether oxygens (including phenoxy) is 1. The fraction of sp³-hybridized carbons (Fsp3) is 0.588. The van der Waals surface area contributed by atoms with Gasteiger partial charge >= 0.3 is 0 Å². The number of hydrogen-bond donors (Lipinski definition) is 1. The molecule has 1 saturated heterocycles. The van der Waals surface area contributed by atoms with E-state index in [1.807, 2.05) is 12.1 Å². The third-order valence-electron chi connectivity index (χ3n) is 3.69. The molecule has 4 nitrogen and oxygen atoms in total. The molecular formula is C17H26N2O2. The van der Waals surface area contributed by atoms with E-state index in [0.717, 1.165) is 31.6 Å². The topological polar surface area (TPSA) is 41.6 Å². The number of anilines is 2. The fourth-order valence-electron chi connectivity index (χ4n) is 2.71. The molecule has 1 aliphatic heterocycles. The van der Waals surface area contributed by atoms with Crippen LogP contribution in [0, 0.1) is 0 Å². The summed E-state index contributed by atoms with van der Waals surface area (Å²) in [4.78, 5) is 14.0. The molecule has 1 fully saturated rings. The van der Waals surface area contributed by atoms with Gasteiger partial charge in [-0.1, -0.05) is 13.3 Å². The zero-order valence-corrected chi connectivity index (χ0v) is 13.3. The summed E-state index contributed by atoms with van der Waals surface area (Å²) in [5, 5.41) is 2.94. The number of benzene rings is 1. The van der Waals surface area contributed by atoms with E-state index in [1.165, 1.54) is 5.69 Å². The summed E-state index contributed by atoms with van der Waals surface area (Å²) in [5.41, 5.74) is 2.05. The van der Waals surface area contributed by atoms with Crippen LogP contribution in [0.2, 0.25) is 0 Å². The van der Waals surface area contributed by atoms with Gasteiger partial charge in [0.05, 0.1) is 12.2 Å². The first-order valence-corrected chi connectivity index (χ1v) is 7.88. The second kappa shape index (κ2) is 7.46. The van der Waals surface area contributed by atoms with Crippen LogP contribution >= 0.6 is 0 Å². The molecule has 0 aliphatic carbocycles. The molecule has 4 heteroatoms. The van der Waals surface area contributed by atoms with Crippen LogP contribution in [0.25, 0.3) is 0 Å². The molecule has 1 aromatic carbocycles. The van der Waals surface area contributed by atoms with E-state index in [4.69, 9.17) is 4.74 Å². The maximum absolute atomic E-state index is 11.7. The van der Waals surface area contributed by atoms with E-state index < -0.39 is 0 Å². The Hall–Kier alpha value is -1.55. The molecule has 2 atom stereocenters. The highest BCUT2D eigenvalue weighted by molar-refractivity contribution is 5.90. The number of morpholine rings is 1. The second-order valence-corrected chi connectivity index (χ2v) is 5.86. The van der Waals surface area contributed by atoms with Crippen molar-refractivity contribution in [3.63, 3.8) is 0 Å². The fourth-order valence-corrected chi connectivity index (χ4v) is 2.71. The minimum atomic E-state index is 0.0956. The monoisotopic (exact) mass is 290 g/mol. The zero-order chi connectivity index (χ0) is 15.2. The van der Waals surface area contributed by atoms with Crippen LogP contribution in [-0.2, 0) is 9.53 Å². The summed E-state index contributed by atoms with van der Waals surface area (Å²) < 4.78 is 5.75. The lowest BCUT2D eigenvalue weighted by Crippen LogP contribution is -2.45. The molecule has 2 unspecified atom stereocenters. The molecule has 0 spiro atoms. The molecule has 1 N–H and O–H groups in total. The van der Waals surface area contributed by atoms with Gasteiger partial charge in [-0.25, -0.2) is 0 Å². The minimum absolute atomic E-state index is 0.0956. The van der Waals surface area contributed by atoms with Crippen molar-refractivity contribution in [3.8, 4) is 0 Å². The number of nitrogens with one attached hydrogen (secondary N) is 1. The predicted molar refractivity (Wildman–Crippen MR) is 86.8 cm³/mol. The second-order valence-electron chi connectivity index (χ2n) is 5.86. The van der Waals surface area contributed by atoms with Crippen LogP contribution in [0.3, 0.4) is 0 Å². The Bertz CT molecular complexity index is 448. The van der Waals surface area contributed by atoms with Crippen molar-refractivity contribution < 1.29 is 9.53 Å². The van der Waals surface area contributed by atoms with Crippen molar-refractivity contribution in [2.24, 2.45) is 0 Å². The number of hydrogen-bond acceptors (Lipinski definition) is 3. The average molecular weight is 290 g/mol. The highest BCUT2D eigenvalue weighted by Crippen LogP contribution is 2.22. The highest BCUT2D eigenvalue weighted by Gasteiger charge is 2.22. The van der Waals surface area contributed by atoms with E-state index in [-0.39, 0.29) is 18.1 Å². The van der Waals surface area contributed by atoms with Crippen molar-refractivity contribution >= 4 is 17.3 Å². The van der Waals surface area contributed by atoms with E-state index in [9.17, 15) is 4.79 Å². The summed E-state index contributed by atoms with van der Waals surface area (Å²) in [5.74, 6) is 0.0956. The first kappa shape index (κ1) is 15.8. The molecular weight excluding hydrogens is 264 g/mol. The van der Waals surface area contributed by atoms with Gasteiger partial charge in [0.25, 0.3) is 0 Å². The van der Waals surface area contributed by atoms with Crippen molar-refractivity contribution in [1.82, 2.24) is 0 Å². The standard InChI is InChI=1S/C17H26N2O2/c1-4-5-6-17(20)18-15-7-9-16(10-8-15)19-11-13(2)21-14(3)12-19/h7-10,13-14H,4-6,11-12H2,1-3H3,(H,18,20). The molecule has 2 rings (SSSR count). The lowest BCUT2D eigenvalue weighted by atomic mass is 10.2. The number of amides is 1. The lowest BCUT2D eigenvalue weighted by molar-refractivity contribution is -0.116. The lowest BCUT2D eigenvalue weighted by Gasteiger charge is -2.36. The quantitative estimate of drug-likeness (QED) is 0.903. The smallest absolute Gasteiger partial charge is 0.224 e. The van der Waals surface area contributed by atoms with Crippen molar-refractivity contribution in [3.05, 3.63) is 24.3 Å². The molecule has 0 bridgehead atoms. The van der Waals surface area contributed by atoms with E-state index in [2.05, 4.69) is 43.1 Å². The molecule has 0 saturated carbocycles. The maximum atomic E-state index is 11.7. The summed E-state index contributed by atoms with van der Waals surface area (Å²) in [7, 11) is 0. The molecule has 1 heterocycles. The Morgan fingerprint density at radius 1 is 1.24 bits per heavy atom. The van der Waals surface area contributed by atoms with Crippen LogP contribution in [0.1, 0.15) is 40.0 Å². The number of carbonyl (C=O) groups is 1. The zero-order valence-electron chi connectivity index (χ0n) is 13.3. The highest BCUT2D eigenvalue weighted by atomic mass is 16.5. The summed E-state index contributed by atoms with van der Waals surface area (Å²) >= 11 is 0. The minimum Gasteiger partial charge on any atom is -0.372 e. The van der Waals surface area contributed by atoms with Gasteiger partial charge in [-0.2, -0.15) is 0 Å². The molecule has 0 radical (unpaired) electrons. The van der Waals surface area contributed by atoms with Gasteiger partial charge in [-0.3, -0.25) is 4.79 Å². The number of rotatable bonds is 5.